The zero-order valence-corrected chi connectivity index (χ0v) is 20.4. The van der Waals surface area contributed by atoms with Crippen LogP contribution in [0.15, 0.2) is 47.7 Å². The maximum atomic E-state index is 12.9. The molecule has 0 saturated carbocycles. The number of carbonyl (C=O) groups is 2. The Hall–Kier alpha value is -4.16. The smallest absolute Gasteiger partial charge is 0.365 e. The van der Waals surface area contributed by atoms with E-state index < -0.39 is 30.1 Å². The molecule has 0 atom stereocenters. The highest BCUT2D eigenvalue weighted by Crippen LogP contribution is 2.12. The number of alkyl halides is 3. The van der Waals surface area contributed by atoms with Crippen LogP contribution >= 0.6 is 0 Å². The maximum Gasteiger partial charge on any atom is 0.405 e. The second-order valence-electron chi connectivity index (χ2n) is 8.38. The number of hydrogen-bond donors (Lipinski definition) is 3. The van der Waals surface area contributed by atoms with E-state index in [2.05, 4.69) is 20.6 Å². The highest BCUT2D eigenvalue weighted by Gasteiger charge is 2.27. The zero-order chi connectivity index (χ0) is 27.0. The van der Waals surface area contributed by atoms with E-state index in [1.54, 1.807) is 19.2 Å². The molecule has 0 aliphatic rings. The second kappa shape index (κ2) is 12.2. The van der Waals surface area contributed by atoms with Gasteiger partial charge in [-0.1, -0.05) is 30.3 Å². The van der Waals surface area contributed by atoms with Gasteiger partial charge in [0.05, 0.1) is 24.3 Å². The van der Waals surface area contributed by atoms with E-state index >= 15 is 0 Å². The summed E-state index contributed by atoms with van der Waals surface area (Å²) < 4.78 is 39.6. The first-order chi connectivity index (χ1) is 17.5. The third-order valence-corrected chi connectivity index (χ3v) is 5.51. The largest absolute Gasteiger partial charge is 0.405 e. The van der Waals surface area contributed by atoms with Crippen LogP contribution in [0.1, 0.15) is 22.6 Å². The normalized spacial score (nSPS) is 11.3. The molecule has 0 unspecified atom stereocenters. The fraction of sp³-hybridized carbons (Fsp3) is 0.375. The van der Waals surface area contributed by atoms with E-state index in [4.69, 9.17) is 0 Å². The molecule has 0 aliphatic carbocycles. The zero-order valence-electron chi connectivity index (χ0n) is 20.4. The lowest BCUT2D eigenvalue weighted by Gasteiger charge is -2.14. The molecule has 0 bridgehead atoms. The number of benzene rings is 1. The third kappa shape index (κ3) is 8.19. The first-order valence-electron chi connectivity index (χ1n) is 11.5. The van der Waals surface area contributed by atoms with Crippen LogP contribution in [0.2, 0.25) is 0 Å². The predicted octanol–water partition coefficient (Wildman–Crippen LogP) is 1.71. The number of carbonyl (C=O) groups excluding carboxylic acids is 2. The van der Waals surface area contributed by atoms with E-state index in [-0.39, 0.29) is 25.5 Å². The van der Waals surface area contributed by atoms with Crippen molar-refractivity contribution in [2.45, 2.75) is 46.1 Å². The minimum atomic E-state index is -4.52. The number of imidazole rings is 1. The number of aromatic nitrogens is 4. The molecule has 2 amide bonds. The molecule has 0 saturated heterocycles. The van der Waals surface area contributed by atoms with Gasteiger partial charge in [-0.15, -0.1) is 0 Å². The Balaban J connectivity index is 1.58. The lowest BCUT2D eigenvalue weighted by Crippen LogP contribution is -2.37. The number of hydrogen-bond acceptors (Lipinski definition) is 6. The van der Waals surface area contributed by atoms with Crippen molar-refractivity contribution in [2.24, 2.45) is 0 Å². The monoisotopic (exact) mass is 519 g/mol. The highest BCUT2D eigenvalue weighted by atomic mass is 19.4. The summed E-state index contributed by atoms with van der Waals surface area (Å²) in [5.74, 6) is -1.18. The molecule has 3 rings (SSSR count). The molecule has 0 radical (unpaired) electrons. The number of halogens is 3. The molecular formula is C24H28F3N7O3. The Bertz CT molecular complexity index is 1290. The van der Waals surface area contributed by atoms with Crippen LogP contribution in [0.5, 0.6) is 0 Å². The molecule has 37 heavy (non-hydrogen) atoms. The molecule has 1 aromatic carbocycles. The van der Waals surface area contributed by atoms with Gasteiger partial charge in [-0.2, -0.15) is 13.2 Å². The van der Waals surface area contributed by atoms with Crippen LogP contribution in [0.4, 0.5) is 19.0 Å². The lowest BCUT2D eigenvalue weighted by molar-refractivity contribution is -0.138. The Morgan fingerprint density at radius 1 is 1.00 bits per heavy atom. The predicted molar refractivity (Wildman–Crippen MR) is 130 cm³/mol. The van der Waals surface area contributed by atoms with Gasteiger partial charge in [-0.25, -0.2) is 9.97 Å². The number of nitrogens with one attached hydrogen (secondary N) is 3. The van der Waals surface area contributed by atoms with Gasteiger partial charge in [0.1, 0.15) is 19.6 Å². The number of aryl methyl sites for hydroxylation is 2. The summed E-state index contributed by atoms with van der Waals surface area (Å²) in [6.45, 7) is 1.68. The van der Waals surface area contributed by atoms with Gasteiger partial charge >= 0.3 is 6.18 Å². The van der Waals surface area contributed by atoms with Crippen LogP contribution in [-0.4, -0.2) is 50.2 Å². The average Bonchev–Trinajstić information content (AvgIpc) is 3.19. The summed E-state index contributed by atoms with van der Waals surface area (Å²) in [5, 5.41) is 7.48. The molecule has 198 valence electrons. The number of rotatable bonds is 11. The Morgan fingerprint density at radius 3 is 2.41 bits per heavy atom. The quantitative estimate of drug-likeness (QED) is 0.355. The summed E-state index contributed by atoms with van der Waals surface area (Å²) in [5.41, 5.74) is 2.12. The van der Waals surface area contributed by atoms with Crippen molar-refractivity contribution in [3.05, 3.63) is 75.9 Å². The summed E-state index contributed by atoms with van der Waals surface area (Å²) in [7, 11) is 0. The van der Waals surface area contributed by atoms with E-state index in [9.17, 15) is 27.6 Å². The van der Waals surface area contributed by atoms with E-state index in [1.165, 1.54) is 21.7 Å². The van der Waals surface area contributed by atoms with Crippen molar-refractivity contribution in [3.8, 4) is 0 Å². The fourth-order valence-electron chi connectivity index (χ4n) is 3.52. The second-order valence-corrected chi connectivity index (χ2v) is 8.38. The van der Waals surface area contributed by atoms with Crippen LogP contribution in [0.3, 0.4) is 0 Å². The van der Waals surface area contributed by atoms with Gasteiger partial charge < -0.3 is 20.5 Å². The SMILES string of the molecule is Cc1ncn(CC(=O)NCC(F)(F)F)c1CNC(=O)Cn1c(C)cnc(NCCc2ccccc2)c1=O. The van der Waals surface area contributed by atoms with Crippen LogP contribution in [0, 0.1) is 13.8 Å². The first-order valence-corrected chi connectivity index (χ1v) is 11.5. The maximum absolute atomic E-state index is 12.9. The Morgan fingerprint density at radius 2 is 1.70 bits per heavy atom. The van der Waals surface area contributed by atoms with E-state index in [1.807, 2.05) is 30.3 Å². The van der Waals surface area contributed by atoms with Crippen molar-refractivity contribution in [3.63, 3.8) is 0 Å². The van der Waals surface area contributed by atoms with Crippen LogP contribution in [0.25, 0.3) is 0 Å². The van der Waals surface area contributed by atoms with Crippen molar-refractivity contribution in [1.82, 2.24) is 29.7 Å². The van der Waals surface area contributed by atoms with Gasteiger partial charge in [0.15, 0.2) is 5.82 Å². The standard InChI is InChI=1S/C24H28F3N7O3/c1-16-10-30-22(28-9-8-18-6-4-3-5-7-18)23(37)34(16)13-21(36)29-11-19-17(2)32-15-33(19)12-20(35)31-14-24(25,26)27/h3-7,10,15H,8-9,11-14H2,1-2H3,(H,28,30)(H,29,36)(H,31,35). The van der Waals surface area contributed by atoms with Gasteiger partial charge in [0.2, 0.25) is 11.8 Å². The highest BCUT2D eigenvalue weighted by molar-refractivity contribution is 5.76. The molecule has 2 heterocycles. The summed E-state index contributed by atoms with van der Waals surface area (Å²) in [4.78, 5) is 45.6. The molecule has 13 heteroatoms. The molecule has 2 aromatic heterocycles. The van der Waals surface area contributed by atoms with Crippen molar-refractivity contribution in [1.29, 1.82) is 0 Å². The molecule has 0 aliphatic heterocycles. The van der Waals surface area contributed by atoms with Gasteiger partial charge in [-0.3, -0.25) is 19.0 Å². The number of amides is 2. The molecule has 10 nitrogen and oxygen atoms in total. The fourth-order valence-corrected chi connectivity index (χ4v) is 3.52. The molecule has 0 fully saturated rings. The molecule has 0 spiro atoms. The van der Waals surface area contributed by atoms with Crippen LogP contribution < -0.4 is 21.5 Å². The number of nitrogens with zero attached hydrogens (tertiary/aromatic N) is 4. The first kappa shape index (κ1) is 27.4. The molecule has 3 aromatic rings. The van der Waals surface area contributed by atoms with E-state index in [0.29, 0.717) is 30.0 Å². The Kier molecular flexibility index (Phi) is 9.04. The van der Waals surface area contributed by atoms with Gasteiger partial charge in [0.25, 0.3) is 5.56 Å². The third-order valence-electron chi connectivity index (χ3n) is 5.51. The van der Waals surface area contributed by atoms with Crippen LogP contribution in [-0.2, 0) is 35.6 Å². The minimum Gasteiger partial charge on any atom is -0.365 e. The summed E-state index contributed by atoms with van der Waals surface area (Å²) in [6, 6.07) is 9.75. The molecule has 3 N–H and O–H groups in total. The topological polar surface area (TPSA) is 123 Å². The van der Waals surface area contributed by atoms with Crippen molar-refractivity contribution < 1.29 is 22.8 Å². The Labute approximate surface area is 210 Å². The lowest BCUT2D eigenvalue weighted by atomic mass is 10.1. The summed E-state index contributed by atoms with van der Waals surface area (Å²) >= 11 is 0. The van der Waals surface area contributed by atoms with Gasteiger partial charge in [-0.05, 0) is 25.8 Å². The van der Waals surface area contributed by atoms with Gasteiger partial charge in [0, 0.05) is 18.4 Å². The molecular weight excluding hydrogens is 491 g/mol. The van der Waals surface area contributed by atoms with E-state index in [0.717, 1.165) is 5.56 Å². The number of anilines is 1. The van der Waals surface area contributed by atoms with Crippen molar-refractivity contribution in [2.75, 3.05) is 18.4 Å². The average molecular weight is 520 g/mol. The summed E-state index contributed by atoms with van der Waals surface area (Å²) in [6.07, 6.45) is -1.01. The van der Waals surface area contributed by atoms with Crippen molar-refractivity contribution >= 4 is 17.6 Å². The minimum absolute atomic E-state index is 0.0295.